The molecule has 2 aliphatic heterocycles. The van der Waals surface area contributed by atoms with E-state index < -0.39 is 30.1 Å². The largest absolute Gasteiger partial charge is 0.453 e. The molecule has 9 atom stereocenters. The van der Waals surface area contributed by atoms with E-state index in [1.807, 2.05) is 73.9 Å². The van der Waals surface area contributed by atoms with Crippen LogP contribution in [0.3, 0.4) is 0 Å². The van der Waals surface area contributed by atoms with Gasteiger partial charge in [0.2, 0.25) is 11.8 Å². The highest BCUT2D eigenvalue weighted by Crippen LogP contribution is 2.58. The molecule has 5 aromatic rings. The first-order valence-electron chi connectivity index (χ1n) is 21.4. The number of halogens is 1. The molecule has 2 aromatic heterocycles. The van der Waals surface area contributed by atoms with E-state index in [0.29, 0.717) is 34.5 Å². The number of nitrogens with one attached hydrogen (secondary N) is 4. The lowest BCUT2D eigenvalue weighted by atomic mass is 9.95. The number of ether oxygens (including phenoxy) is 2. The van der Waals surface area contributed by atoms with Gasteiger partial charge < -0.3 is 39.9 Å². The highest BCUT2D eigenvalue weighted by molar-refractivity contribution is 6.05. The number of amides is 4. The molecule has 0 unspecified atom stereocenters. The lowest BCUT2D eigenvalue weighted by Gasteiger charge is -2.37. The van der Waals surface area contributed by atoms with Crippen molar-refractivity contribution in [1.82, 2.24) is 40.4 Å². The molecule has 4 amide bonds. The van der Waals surface area contributed by atoms with E-state index in [-0.39, 0.29) is 53.7 Å². The topological polar surface area (TPSA) is 175 Å². The predicted molar refractivity (Wildman–Crippen MR) is 226 cm³/mol. The third-order valence-corrected chi connectivity index (χ3v) is 13.8. The Morgan fingerprint density at radius 3 is 2.16 bits per heavy atom. The molecule has 4 fully saturated rings. The van der Waals surface area contributed by atoms with Crippen LogP contribution in [0.5, 0.6) is 0 Å². The molecule has 0 radical (unpaired) electrons. The fourth-order valence-corrected chi connectivity index (χ4v) is 10.5. The van der Waals surface area contributed by atoms with Crippen LogP contribution in [0, 0.1) is 35.4 Å². The third kappa shape index (κ3) is 6.95. The van der Waals surface area contributed by atoms with Crippen molar-refractivity contribution in [2.45, 2.75) is 96.6 Å². The van der Waals surface area contributed by atoms with E-state index in [1.54, 1.807) is 12.3 Å². The average Bonchev–Trinajstić information content (AvgIpc) is 3.97. The fraction of sp³-hybridized carbons (Fsp3) is 0.478. The summed E-state index contributed by atoms with van der Waals surface area (Å²) in [5, 5.41) is 7.38. The molecule has 2 bridgehead atoms. The summed E-state index contributed by atoms with van der Waals surface area (Å²) >= 11 is 0. The lowest BCUT2D eigenvalue weighted by Crippen LogP contribution is -2.54. The van der Waals surface area contributed by atoms with Gasteiger partial charge in [0.05, 0.1) is 49.2 Å². The second kappa shape index (κ2) is 15.5. The van der Waals surface area contributed by atoms with Crippen molar-refractivity contribution in [1.29, 1.82) is 0 Å². The van der Waals surface area contributed by atoms with E-state index in [4.69, 9.17) is 14.5 Å². The Bertz CT molecular complexity index is 2550. The van der Waals surface area contributed by atoms with Gasteiger partial charge in [-0.05, 0) is 96.1 Å². The quantitative estimate of drug-likeness (QED) is 0.111. The maximum atomic E-state index is 16.1. The standard InChI is InChI=1S/C46H53FN8O6/c1-21(2)36(52-45(58)60-6)43(56)54-28-12-8-27(17-28)40(54)42-49-33-15-11-26-16-24(9-13-29(26)38(33)51-42)25-10-14-30(32(47)18-25)34-20-48-41(50-34)35-19-31-23(5)39(31)55(35)44(57)37(22(3)4)53-46(59)61-7/h9-11,13-16,18,20-23,27-28,31,35-37,39-40H,8,12,17,19H2,1-7H3,(H,48,50)(H,49,51)(H,52,58)(H,53,59)/t23-,27+,28-,31+,35+,36+,37+,39-,40+/m1/s1. The van der Waals surface area contributed by atoms with Crippen molar-refractivity contribution < 1.29 is 33.0 Å². The van der Waals surface area contributed by atoms with E-state index >= 15 is 4.39 Å². The summed E-state index contributed by atoms with van der Waals surface area (Å²) < 4.78 is 25.7. The number of fused-ring (bicyclic) bond motifs is 6. The van der Waals surface area contributed by atoms with Crippen LogP contribution in [0.15, 0.2) is 54.7 Å². The van der Waals surface area contributed by atoms with Gasteiger partial charge in [0.15, 0.2) is 0 Å². The van der Waals surface area contributed by atoms with E-state index in [2.05, 4.69) is 32.5 Å². The van der Waals surface area contributed by atoms with Gasteiger partial charge in [0.25, 0.3) is 0 Å². The summed E-state index contributed by atoms with van der Waals surface area (Å²) in [4.78, 5) is 72.8. The molecule has 2 saturated heterocycles. The molecule has 2 saturated carbocycles. The number of carbonyl (C=O) groups is 4. The Labute approximate surface area is 353 Å². The Morgan fingerprint density at radius 2 is 1.49 bits per heavy atom. The smallest absolute Gasteiger partial charge is 0.407 e. The molecule has 320 valence electrons. The monoisotopic (exact) mass is 832 g/mol. The number of H-pyrrole nitrogens is 2. The lowest BCUT2D eigenvalue weighted by molar-refractivity contribution is -0.139. The number of carbonyl (C=O) groups excluding carboxylic acids is 4. The molecular formula is C46H53FN8O6. The maximum absolute atomic E-state index is 16.1. The van der Waals surface area contributed by atoms with E-state index in [9.17, 15) is 19.2 Å². The molecule has 2 aliphatic carbocycles. The molecule has 9 rings (SSSR count). The molecule has 61 heavy (non-hydrogen) atoms. The summed E-state index contributed by atoms with van der Waals surface area (Å²) in [6.45, 7) is 9.73. The number of rotatable bonds is 10. The molecule has 15 heteroatoms. The van der Waals surface area contributed by atoms with Crippen molar-refractivity contribution in [3.63, 3.8) is 0 Å². The molecule has 0 spiro atoms. The first-order valence-corrected chi connectivity index (χ1v) is 21.4. The molecule has 4 aliphatic rings. The van der Waals surface area contributed by atoms with Crippen molar-refractivity contribution in [3.8, 4) is 22.4 Å². The Balaban J connectivity index is 0.953. The summed E-state index contributed by atoms with van der Waals surface area (Å²) in [6.07, 6.45) is 3.89. The Hall–Kier alpha value is -5.99. The van der Waals surface area contributed by atoms with Gasteiger partial charge in [-0.25, -0.2) is 23.9 Å². The van der Waals surface area contributed by atoms with Crippen LogP contribution in [0.1, 0.15) is 84.0 Å². The highest BCUT2D eigenvalue weighted by atomic mass is 19.1. The van der Waals surface area contributed by atoms with Gasteiger partial charge >= 0.3 is 12.2 Å². The number of aromatic nitrogens is 4. The summed E-state index contributed by atoms with van der Waals surface area (Å²) in [7, 11) is 2.57. The van der Waals surface area contributed by atoms with Crippen LogP contribution in [-0.2, 0) is 19.1 Å². The number of aromatic amines is 2. The minimum absolute atomic E-state index is 0.0559. The second-order valence-corrected chi connectivity index (χ2v) is 18.0. The third-order valence-electron chi connectivity index (χ3n) is 13.8. The van der Waals surface area contributed by atoms with Crippen LogP contribution >= 0.6 is 0 Å². The van der Waals surface area contributed by atoms with Crippen LogP contribution in [0.4, 0.5) is 14.0 Å². The molecule has 14 nitrogen and oxygen atoms in total. The minimum Gasteiger partial charge on any atom is -0.453 e. The average molecular weight is 833 g/mol. The van der Waals surface area contributed by atoms with E-state index in [0.717, 1.165) is 58.9 Å². The first-order chi connectivity index (χ1) is 29.3. The van der Waals surface area contributed by atoms with Crippen molar-refractivity contribution in [2.75, 3.05) is 14.2 Å². The van der Waals surface area contributed by atoms with Crippen LogP contribution in [0.25, 0.3) is 44.2 Å². The zero-order valence-electron chi connectivity index (χ0n) is 35.5. The number of alkyl carbamates (subject to hydrolysis) is 2. The van der Waals surface area contributed by atoms with E-state index in [1.165, 1.54) is 20.3 Å². The second-order valence-electron chi connectivity index (χ2n) is 18.0. The van der Waals surface area contributed by atoms with Gasteiger partial charge in [-0.2, -0.15) is 0 Å². The van der Waals surface area contributed by atoms with Crippen LogP contribution < -0.4 is 10.6 Å². The van der Waals surface area contributed by atoms with Crippen LogP contribution in [0.2, 0.25) is 0 Å². The van der Waals surface area contributed by atoms with Gasteiger partial charge in [0.1, 0.15) is 29.5 Å². The Morgan fingerprint density at radius 1 is 0.820 bits per heavy atom. The van der Waals surface area contributed by atoms with Crippen LogP contribution in [-0.4, -0.2) is 92.1 Å². The Kier molecular flexibility index (Phi) is 10.3. The summed E-state index contributed by atoms with van der Waals surface area (Å²) in [5.41, 5.74) is 4.10. The summed E-state index contributed by atoms with van der Waals surface area (Å²) in [6, 6.07) is 13.3. The zero-order valence-corrected chi connectivity index (χ0v) is 35.5. The SMILES string of the molecule is COC(=O)N[C@H](C(=O)N1[C@@H]2CC[C@@H](C2)[C@H]1c1nc2ccc3cc(-c4ccc(-c5cnc([C@@H]6C[C@H]7[C@@H](C)[C@H]7N6C(=O)[C@@H](NC(=O)OC)C(C)C)[nH]5)c(F)c4)ccc3c2[nH]1)C(C)C. The van der Waals surface area contributed by atoms with Crippen molar-refractivity contribution in [3.05, 3.63) is 72.2 Å². The van der Waals surface area contributed by atoms with Crippen molar-refractivity contribution >= 4 is 45.8 Å². The molecule has 4 heterocycles. The van der Waals surface area contributed by atoms with Gasteiger partial charge in [0, 0.05) is 23.0 Å². The van der Waals surface area contributed by atoms with Gasteiger partial charge in [-0.3, -0.25) is 9.59 Å². The molecular weight excluding hydrogens is 780 g/mol. The number of imidazole rings is 2. The normalized spacial score (nSPS) is 25.0. The predicted octanol–water partition coefficient (Wildman–Crippen LogP) is 7.63. The minimum atomic E-state index is -0.754. The number of piperidine rings is 2. The van der Waals surface area contributed by atoms with Crippen molar-refractivity contribution in [2.24, 2.45) is 29.6 Å². The number of nitrogens with zero attached hydrogens (tertiary/aromatic N) is 4. The van der Waals surface area contributed by atoms with Gasteiger partial charge in [-0.15, -0.1) is 0 Å². The zero-order chi connectivity index (χ0) is 43.0. The number of likely N-dealkylation sites (tertiary alicyclic amines) is 2. The fourth-order valence-electron chi connectivity index (χ4n) is 10.5. The highest BCUT2D eigenvalue weighted by Gasteiger charge is 2.61. The summed E-state index contributed by atoms with van der Waals surface area (Å²) in [5.74, 6) is 1.27. The number of methoxy groups -OCH3 is 2. The molecule has 3 aromatic carbocycles. The number of hydrogen-bond donors (Lipinski definition) is 4. The maximum Gasteiger partial charge on any atom is 0.407 e. The number of hydrogen-bond acceptors (Lipinski definition) is 8. The molecule has 4 N–H and O–H groups in total. The van der Waals surface area contributed by atoms with Gasteiger partial charge in [-0.1, -0.05) is 58.9 Å². The first kappa shape index (κ1) is 40.4. The number of benzene rings is 3.